The van der Waals surface area contributed by atoms with E-state index in [0.29, 0.717) is 0 Å². The van der Waals surface area contributed by atoms with Crippen molar-refractivity contribution in [2.45, 2.75) is 19.6 Å². The Morgan fingerprint density at radius 2 is 1.89 bits per heavy atom. The van der Waals surface area contributed by atoms with Crippen molar-refractivity contribution in [3.63, 3.8) is 0 Å². The zero-order chi connectivity index (χ0) is 7.33. The molecule has 0 aliphatic rings. The molecule has 0 heterocycles. The van der Waals surface area contributed by atoms with Crippen molar-refractivity contribution < 1.29 is 4.79 Å². The monoisotopic (exact) mass is 140 g/mol. The van der Waals surface area contributed by atoms with Crippen LogP contribution in [0.25, 0.3) is 0 Å². The molecule has 0 aliphatic carbocycles. The zero-order valence-corrected chi connectivity index (χ0v) is 7.14. The second-order valence-electron chi connectivity index (χ2n) is 3.01. The molecular weight excluding hydrogens is 128 g/mol. The van der Waals surface area contributed by atoms with Gasteiger partial charge in [0.05, 0.1) is 8.07 Å². The van der Waals surface area contributed by atoms with Crippen molar-refractivity contribution in [1.29, 1.82) is 0 Å². The van der Waals surface area contributed by atoms with Gasteiger partial charge in [0.1, 0.15) is 5.94 Å². The predicted molar refractivity (Wildman–Crippen MR) is 42.7 cm³/mol. The molecule has 0 spiro atoms. The van der Waals surface area contributed by atoms with E-state index in [0.717, 1.165) is 0 Å². The van der Waals surface area contributed by atoms with E-state index in [1.165, 1.54) is 6.08 Å². The van der Waals surface area contributed by atoms with E-state index in [1.807, 2.05) is 0 Å². The topological polar surface area (TPSA) is 17.1 Å². The Bertz CT molecular complexity index is 147. The average molecular weight is 140 g/mol. The molecule has 0 amide bonds. The molecule has 0 bridgehead atoms. The molecule has 50 valence electrons. The fourth-order valence-electron chi connectivity index (χ4n) is 0.376. The summed E-state index contributed by atoms with van der Waals surface area (Å²) >= 11 is 0. The maximum absolute atomic E-state index is 9.67. The highest BCUT2D eigenvalue weighted by Crippen LogP contribution is 2.00. The minimum absolute atomic E-state index is 1.09. The molecule has 0 rings (SSSR count). The van der Waals surface area contributed by atoms with E-state index in [-0.39, 0.29) is 0 Å². The Hall–Kier alpha value is -0.593. The summed E-state index contributed by atoms with van der Waals surface area (Å²) in [6, 6.07) is 0. The molecule has 0 fully saturated rings. The molecule has 0 N–H and O–H groups in total. The lowest BCUT2D eigenvalue weighted by atomic mass is 10.6. The van der Waals surface area contributed by atoms with Gasteiger partial charge in [-0.1, -0.05) is 31.4 Å². The molecule has 0 saturated heterocycles. The average Bonchev–Trinajstić information content (AvgIpc) is 1.63. The molecule has 0 aromatic heterocycles. The third kappa shape index (κ3) is 7.41. The molecule has 9 heavy (non-hydrogen) atoms. The predicted octanol–water partition coefficient (Wildman–Crippen LogP) is 1.81. The van der Waals surface area contributed by atoms with Crippen molar-refractivity contribution >= 4 is 14.0 Å². The molecule has 2 heteroatoms. The minimum atomic E-state index is -1.09. The minimum Gasteiger partial charge on any atom is -0.234 e. The van der Waals surface area contributed by atoms with Gasteiger partial charge in [-0.15, -0.1) is 0 Å². The van der Waals surface area contributed by atoms with Gasteiger partial charge in [0.25, 0.3) is 0 Å². The van der Waals surface area contributed by atoms with E-state index >= 15 is 0 Å². The molecule has 0 atom stereocenters. The first-order valence-corrected chi connectivity index (χ1v) is 6.53. The van der Waals surface area contributed by atoms with Crippen LogP contribution in [-0.2, 0) is 4.79 Å². The first kappa shape index (κ1) is 8.41. The summed E-state index contributed by atoms with van der Waals surface area (Å²) in [5.41, 5.74) is 2.10. The highest BCUT2D eigenvalue weighted by molar-refractivity contribution is 6.81. The van der Waals surface area contributed by atoms with E-state index in [2.05, 4.69) is 25.3 Å². The van der Waals surface area contributed by atoms with E-state index in [4.69, 9.17) is 0 Å². The Kier molecular flexibility index (Phi) is 3.21. The van der Waals surface area contributed by atoms with E-state index in [9.17, 15) is 4.79 Å². The lowest BCUT2D eigenvalue weighted by molar-refractivity contribution is 0.569. The van der Waals surface area contributed by atoms with Crippen molar-refractivity contribution in [1.82, 2.24) is 0 Å². The molecule has 0 aromatic rings. The summed E-state index contributed by atoms with van der Waals surface area (Å²) in [5.74, 6) is 1.70. The Labute approximate surface area is 57.1 Å². The normalized spacial score (nSPS) is 11.4. The van der Waals surface area contributed by atoms with Gasteiger partial charge in [0.2, 0.25) is 0 Å². The Balaban J connectivity index is 3.85. The van der Waals surface area contributed by atoms with Gasteiger partial charge < -0.3 is 0 Å². The first-order valence-electron chi connectivity index (χ1n) is 2.95. The number of allylic oxidation sites excluding steroid dienone is 2. The van der Waals surface area contributed by atoms with Gasteiger partial charge in [0.15, 0.2) is 0 Å². The highest BCUT2D eigenvalue weighted by Gasteiger charge is 2.05. The van der Waals surface area contributed by atoms with Gasteiger partial charge in [0, 0.05) is 6.08 Å². The number of hydrogen-bond acceptors (Lipinski definition) is 1. The van der Waals surface area contributed by atoms with Gasteiger partial charge in [-0.25, -0.2) is 4.79 Å². The fraction of sp³-hybridized carbons (Fsp3) is 0.429. The third-order valence-corrected chi connectivity index (χ3v) is 1.95. The molecule has 0 unspecified atom stereocenters. The maximum Gasteiger partial charge on any atom is 0.124 e. The van der Waals surface area contributed by atoms with Crippen molar-refractivity contribution in [3.8, 4) is 0 Å². The molecule has 0 saturated carbocycles. The summed E-state index contributed by atoms with van der Waals surface area (Å²) in [7, 11) is -1.09. The molecule has 0 radical (unpaired) electrons. The van der Waals surface area contributed by atoms with Crippen LogP contribution in [0.15, 0.2) is 17.9 Å². The summed E-state index contributed by atoms with van der Waals surface area (Å²) in [4.78, 5) is 9.67. The first-order chi connectivity index (χ1) is 4.06. The number of hydrogen-bond donors (Lipinski definition) is 0. The number of rotatable bonds is 2. The van der Waals surface area contributed by atoms with Crippen LogP contribution in [0.4, 0.5) is 0 Å². The van der Waals surface area contributed by atoms with Crippen LogP contribution in [0.3, 0.4) is 0 Å². The van der Waals surface area contributed by atoms with Gasteiger partial charge in [-0.05, 0) is 0 Å². The van der Waals surface area contributed by atoms with Crippen molar-refractivity contribution in [3.05, 3.63) is 17.9 Å². The van der Waals surface area contributed by atoms with Gasteiger partial charge >= 0.3 is 0 Å². The maximum atomic E-state index is 9.67. The SMILES string of the molecule is C[Si](C)(C)/C=C/C=C=O. The van der Waals surface area contributed by atoms with Crippen LogP contribution < -0.4 is 0 Å². The van der Waals surface area contributed by atoms with Crippen molar-refractivity contribution in [2.75, 3.05) is 0 Å². The van der Waals surface area contributed by atoms with Crippen LogP contribution in [0, 0.1) is 0 Å². The summed E-state index contributed by atoms with van der Waals surface area (Å²) in [6.07, 6.45) is 3.18. The van der Waals surface area contributed by atoms with Crippen molar-refractivity contribution in [2.24, 2.45) is 0 Å². The zero-order valence-electron chi connectivity index (χ0n) is 6.14. The molecule has 0 aromatic carbocycles. The summed E-state index contributed by atoms with van der Waals surface area (Å²) in [6.45, 7) is 6.63. The lowest BCUT2D eigenvalue weighted by Crippen LogP contribution is -2.14. The standard InChI is InChI=1S/C7H12OSi/c1-9(2,3)7-5-4-6-8/h4-5,7H,1-3H3/b7-5+. The van der Waals surface area contributed by atoms with Crippen LogP contribution in [0.1, 0.15) is 0 Å². The molecule has 0 aliphatic heterocycles. The van der Waals surface area contributed by atoms with Crippen LogP contribution >= 0.6 is 0 Å². The second kappa shape index (κ2) is 3.44. The summed E-state index contributed by atoms with van der Waals surface area (Å²) in [5, 5.41) is 0. The molecule has 1 nitrogen and oxygen atoms in total. The Morgan fingerprint density at radius 1 is 1.33 bits per heavy atom. The van der Waals surface area contributed by atoms with E-state index < -0.39 is 8.07 Å². The summed E-state index contributed by atoms with van der Waals surface area (Å²) < 4.78 is 0. The van der Waals surface area contributed by atoms with Crippen LogP contribution in [0.5, 0.6) is 0 Å². The quantitative estimate of drug-likeness (QED) is 0.325. The Morgan fingerprint density at radius 3 is 2.22 bits per heavy atom. The van der Waals surface area contributed by atoms with Crippen LogP contribution in [0.2, 0.25) is 19.6 Å². The molecular formula is C7H12OSi. The number of carbonyl (C=O) groups excluding carboxylic acids is 1. The van der Waals surface area contributed by atoms with Crippen LogP contribution in [-0.4, -0.2) is 14.0 Å². The lowest BCUT2D eigenvalue weighted by Gasteiger charge is -2.06. The highest BCUT2D eigenvalue weighted by atomic mass is 28.3. The fourth-order valence-corrected chi connectivity index (χ4v) is 1.05. The van der Waals surface area contributed by atoms with Gasteiger partial charge in [-0.2, -0.15) is 0 Å². The third-order valence-electron chi connectivity index (χ3n) is 0.760. The largest absolute Gasteiger partial charge is 0.234 e. The second-order valence-corrected chi connectivity index (χ2v) is 8.08. The van der Waals surface area contributed by atoms with E-state index in [1.54, 1.807) is 12.0 Å². The van der Waals surface area contributed by atoms with Gasteiger partial charge in [-0.3, -0.25) is 0 Å². The smallest absolute Gasteiger partial charge is 0.124 e.